The number of carbonyl (C=O) groups is 1. The van der Waals surface area contributed by atoms with Gasteiger partial charge in [-0.25, -0.2) is 8.78 Å². The van der Waals surface area contributed by atoms with E-state index in [0.29, 0.717) is 19.4 Å². The third kappa shape index (κ3) is 5.58. The van der Waals surface area contributed by atoms with E-state index in [0.717, 1.165) is 25.0 Å². The van der Waals surface area contributed by atoms with Crippen molar-refractivity contribution in [3.05, 3.63) is 45.7 Å². The summed E-state index contributed by atoms with van der Waals surface area (Å²) in [6.45, 7) is 7.25. The Morgan fingerprint density at radius 1 is 1.31 bits per heavy atom. The lowest BCUT2D eigenvalue weighted by Gasteiger charge is -2.40. The highest BCUT2D eigenvalue weighted by molar-refractivity contribution is 6.31. The normalized spacial score (nSPS) is 27.0. The first-order chi connectivity index (χ1) is 13.6. The van der Waals surface area contributed by atoms with Crippen molar-refractivity contribution in [2.45, 2.75) is 71.0 Å². The number of piperidine rings is 1. The third-order valence-electron chi connectivity index (χ3n) is 6.44. The van der Waals surface area contributed by atoms with Crippen LogP contribution in [0, 0.1) is 11.2 Å². The molecule has 1 fully saturated rings. The predicted octanol–water partition coefficient (Wildman–Crippen LogP) is 5.59. The summed E-state index contributed by atoms with van der Waals surface area (Å²) in [5.74, 6) is -1.09. The molecule has 0 radical (unpaired) electrons. The van der Waals surface area contributed by atoms with Crippen molar-refractivity contribution in [3.8, 4) is 0 Å². The minimum absolute atomic E-state index is 0.0524. The number of allylic oxidation sites excluding steroid dienone is 1. The third-order valence-corrected chi connectivity index (χ3v) is 6.66. The molecule has 2 N–H and O–H groups in total. The molecule has 0 spiro atoms. The highest BCUT2D eigenvalue weighted by atomic mass is 35.5. The van der Waals surface area contributed by atoms with Crippen molar-refractivity contribution in [2.24, 2.45) is 5.41 Å². The van der Waals surface area contributed by atoms with E-state index in [4.69, 9.17) is 11.6 Å². The minimum Gasteiger partial charge on any atom is -0.349 e. The maximum atomic E-state index is 15.5. The van der Waals surface area contributed by atoms with Crippen LogP contribution in [0.2, 0.25) is 5.02 Å². The lowest BCUT2D eigenvalue weighted by Crippen LogP contribution is -2.51. The van der Waals surface area contributed by atoms with E-state index in [1.165, 1.54) is 30.1 Å². The summed E-state index contributed by atoms with van der Waals surface area (Å²) in [5.41, 5.74) is 1.67. The summed E-state index contributed by atoms with van der Waals surface area (Å²) in [6, 6.07) is 3.68. The molecule has 1 aliphatic carbocycles. The Bertz CT molecular complexity index is 788. The van der Waals surface area contributed by atoms with Crippen molar-refractivity contribution in [1.82, 2.24) is 10.6 Å². The molecule has 1 heterocycles. The van der Waals surface area contributed by atoms with E-state index in [2.05, 4.69) is 31.4 Å². The number of nitrogens with one attached hydrogen (secondary N) is 2. The van der Waals surface area contributed by atoms with Crippen LogP contribution in [0.3, 0.4) is 0 Å². The molecule has 1 aliphatic heterocycles. The van der Waals surface area contributed by atoms with E-state index in [1.807, 2.05) is 0 Å². The summed E-state index contributed by atoms with van der Waals surface area (Å²) in [4.78, 5) is 12.3. The van der Waals surface area contributed by atoms with E-state index in [-0.39, 0.29) is 28.6 Å². The van der Waals surface area contributed by atoms with Crippen LogP contribution in [0.4, 0.5) is 8.78 Å². The van der Waals surface area contributed by atoms with Crippen LogP contribution < -0.4 is 10.6 Å². The largest absolute Gasteiger partial charge is 0.349 e. The molecule has 29 heavy (non-hydrogen) atoms. The lowest BCUT2D eigenvalue weighted by molar-refractivity contribution is 0.0750. The Labute approximate surface area is 177 Å². The zero-order chi connectivity index (χ0) is 21.2. The number of hydrogen-bond acceptors (Lipinski definition) is 2. The van der Waals surface area contributed by atoms with E-state index in [1.54, 1.807) is 0 Å². The standard InChI is InChI=1S/C23H31ClF2N2O/c1-15-5-4-6-22(2,3)20(15)12-19-13-23(26,7-8-27-19)14-28-21(29)16-9-17(24)11-18(25)10-16/h9-11,19,27H,4-8,12-14H2,1-3H3,(H,28,29). The van der Waals surface area contributed by atoms with Gasteiger partial charge in [0.1, 0.15) is 11.5 Å². The molecule has 2 atom stereocenters. The topological polar surface area (TPSA) is 41.1 Å². The average molecular weight is 425 g/mol. The number of carbonyl (C=O) groups excluding carboxylic acids is 1. The van der Waals surface area contributed by atoms with Crippen LogP contribution in [0.1, 0.15) is 69.7 Å². The molecule has 0 bridgehead atoms. The van der Waals surface area contributed by atoms with Gasteiger partial charge in [0.15, 0.2) is 0 Å². The van der Waals surface area contributed by atoms with Crippen molar-refractivity contribution in [3.63, 3.8) is 0 Å². The molecule has 2 unspecified atom stereocenters. The molecule has 2 aliphatic rings. The van der Waals surface area contributed by atoms with Crippen molar-refractivity contribution in [1.29, 1.82) is 0 Å². The molecule has 1 saturated heterocycles. The van der Waals surface area contributed by atoms with Crippen molar-refractivity contribution >= 4 is 17.5 Å². The summed E-state index contributed by atoms with van der Waals surface area (Å²) in [6.07, 6.45) is 5.04. The molecule has 1 amide bonds. The Balaban J connectivity index is 1.62. The zero-order valence-electron chi connectivity index (χ0n) is 17.5. The smallest absolute Gasteiger partial charge is 0.251 e. The van der Waals surface area contributed by atoms with Gasteiger partial charge in [0.05, 0.1) is 6.54 Å². The van der Waals surface area contributed by atoms with Gasteiger partial charge in [-0.05, 0) is 75.6 Å². The monoisotopic (exact) mass is 424 g/mol. The van der Waals surface area contributed by atoms with Crippen LogP contribution in [0.15, 0.2) is 29.3 Å². The second kappa shape index (κ2) is 8.73. The summed E-state index contributed by atoms with van der Waals surface area (Å²) in [7, 11) is 0. The van der Waals surface area contributed by atoms with Gasteiger partial charge >= 0.3 is 0 Å². The molecule has 6 heteroatoms. The molecule has 160 valence electrons. The number of benzene rings is 1. The fourth-order valence-corrected chi connectivity index (χ4v) is 5.04. The van der Waals surface area contributed by atoms with Gasteiger partial charge in [0.25, 0.3) is 5.91 Å². The van der Waals surface area contributed by atoms with Crippen LogP contribution in [0.25, 0.3) is 0 Å². The van der Waals surface area contributed by atoms with E-state index < -0.39 is 17.4 Å². The molecule has 0 aromatic heterocycles. The van der Waals surface area contributed by atoms with Gasteiger partial charge in [0.2, 0.25) is 0 Å². The fourth-order valence-electron chi connectivity index (χ4n) is 4.82. The first-order valence-corrected chi connectivity index (χ1v) is 10.8. The van der Waals surface area contributed by atoms with Gasteiger partial charge in [-0.3, -0.25) is 4.79 Å². The quantitative estimate of drug-likeness (QED) is 0.605. The van der Waals surface area contributed by atoms with Gasteiger partial charge < -0.3 is 10.6 Å². The second-order valence-electron chi connectivity index (χ2n) is 9.30. The molecule has 3 rings (SSSR count). The van der Waals surface area contributed by atoms with Crippen LogP contribution >= 0.6 is 11.6 Å². The average Bonchev–Trinajstić information content (AvgIpc) is 2.62. The van der Waals surface area contributed by atoms with Gasteiger partial charge in [-0.1, -0.05) is 36.6 Å². The van der Waals surface area contributed by atoms with Gasteiger partial charge in [-0.2, -0.15) is 0 Å². The minimum atomic E-state index is -1.48. The lowest BCUT2D eigenvalue weighted by atomic mass is 9.70. The number of hydrogen-bond donors (Lipinski definition) is 2. The Morgan fingerprint density at radius 3 is 2.76 bits per heavy atom. The Hall–Kier alpha value is -1.46. The van der Waals surface area contributed by atoms with E-state index in [9.17, 15) is 9.18 Å². The maximum Gasteiger partial charge on any atom is 0.251 e. The first-order valence-electron chi connectivity index (χ1n) is 10.4. The van der Waals surface area contributed by atoms with Crippen molar-refractivity contribution in [2.75, 3.05) is 13.1 Å². The molecular formula is C23H31ClF2N2O. The van der Waals surface area contributed by atoms with Crippen molar-refractivity contribution < 1.29 is 13.6 Å². The van der Waals surface area contributed by atoms with Gasteiger partial charge in [0, 0.05) is 16.6 Å². The number of halogens is 3. The number of amides is 1. The van der Waals surface area contributed by atoms with Crippen LogP contribution in [0.5, 0.6) is 0 Å². The molecule has 0 saturated carbocycles. The number of rotatable bonds is 5. The summed E-state index contributed by atoms with van der Waals surface area (Å²) in [5, 5.41) is 6.24. The second-order valence-corrected chi connectivity index (χ2v) is 9.73. The number of alkyl halides is 1. The summed E-state index contributed by atoms with van der Waals surface area (Å²) < 4.78 is 29.0. The van der Waals surface area contributed by atoms with E-state index >= 15 is 4.39 Å². The van der Waals surface area contributed by atoms with Crippen LogP contribution in [-0.4, -0.2) is 30.7 Å². The maximum absolute atomic E-state index is 15.5. The SMILES string of the molecule is CC1=C(CC2CC(F)(CNC(=O)c3cc(F)cc(Cl)c3)CCN2)C(C)(C)CCC1. The van der Waals surface area contributed by atoms with Crippen LogP contribution in [-0.2, 0) is 0 Å². The molecule has 1 aromatic rings. The summed E-state index contributed by atoms with van der Waals surface area (Å²) >= 11 is 5.81. The highest BCUT2D eigenvalue weighted by Crippen LogP contribution is 2.43. The first kappa shape index (κ1) is 22.2. The van der Waals surface area contributed by atoms with Gasteiger partial charge in [-0.15, -0.1) is 0 Å². The fraction of sp³-hybridized carbons (Fsp3) is 0.609. The Morgan fingerprint density at radius 2 is 2.07 bits per heavy atom. The zero-order valence-corrected chi connectivity index (χ0v) is 18.3. The highest BCUT2D eigenvalue weighted by Gasteiger charge is 2.39. The Kier molecular flexibility index (Phi) is 6.69. The molecular weight excluding hydrogens is 394 g/mol. The predicted molar refractivity (Wildman–Crippen MR) is 114 cm³/mol. The molecule has 1 aromatic carbocycles. The molecule has 3 nitrogen and oxygen atoms in total.